The molecule has 0 radical (unpaired) electrons. The number of rotatable bonds is 3. The highest BCUT2D eigenvalue weighted by atomic mass is 79.9. The van der Waals surface area contributed by atoms with E-state index in [0.29, 0.717) is 15.9 Å². The molecule has 0 bridgehead atoms. The summed E-state index contributed by atoms with van der Waals surface area (Å²) in [6.45, 7) is 0. The summed E-state index contributed by atoms with van der Waals surface area (Å²) in [5.41, 5.74) is 3.76. The fourth-order valence-electron chi connectivity index (χ4n) is 1.70. The van der Waals surface area contributed by atoms with Gasteiger partial charge in [0, 0.05) is 7.05 Å². The maximum Gasteiger partial charge on any atom is 0.153 e. The first kappa shape index (κ1) is 13.4. The standard InChI is InChI=1S/C10H10BrClFN5/c1-18-9(10(11)16-17-18)8(15-14)5-3-2-4-6(13)7(5)12/h2-4,8,15H,14H2,1H3. The van der Waals surface area contributed by atoms with Crippen LogP contribution in [0.2, 0.25) is 5.02 Å². The first-order valence-corrected chi connectivity index (χ1v) is 6.18. The molecule has 3 N–H and O–H groups in total. The Hall–Kier alpha value is -1.02. The Kier molecular flexibility index (Phi) is 3.96. The van der Waals surface area contributed by atoms with Gasteiger partial charge in [0.05, 0.1) is 16.8 Å². The summed E-state index contributed by atoms with van der Waals surface area (Å²) in [5, 5.41) is 7.73. The molecule has 96 valence electrons. The Morgan fingerprint density at radius 3 is 2.83 bits per heavy atom. The van der Waals surface area contributed by atoms with Gasteiger partial charge in [-0.15, -0.1) is 5.10 Å². The molecule has 0 aliphatic rings. The lowest BCUT2D eigenvalue weighted by molar-refractivity contribution is 0.562. The number of nitrogens with one attached hydrogen (secondary N) is 1. The molecule has 1 heterocycles. The molecule has 0 aliphatic carbocycles. The number of nitrogens with two attached hydrogens (primary N) is 1. The van der Waals surface area contributed by atoms with Gasteiger partial charge in [0.1, 0.15) is 5.82 Å². The second-order valence-electron chi connectivity index (χ2n) is 3.63. The highest BCUT2D eigenvalue weighted by molar-refractivity contribution is 9.10. The molecule has 0 saturated heterocycles. The van der Waals surface area contributed by atoms with Gasteiger partial charge in [-0.25, -0.2) is 14.5 Å². The molecule has 5 nitrogen and oxygen atoms in total. The number of hydrazine groups is 1. The van der Waals surface area contributed by atoms with Gasteiger partial charge in [0.25, 0.3) is 0 Å². The van der Waals surface area contributed by atoms with Gasteiger partial charge in [0.15, 0.2) is 4.60 Å². The number of hydrogen-bond donors (Lipinski definition) is 2. The van der Waals surface area contributed by atoms with Crippen molar-refractivity contribution in [3.05, 3.63) is 44.9 Å². The number of hydrogen-bond acceptors (Lipinski definition) is 4. The predicted molar refractivity (Wildman–Crippen MR) is 69.3 cm³/mol. The largest absolute Gasteiger partial charge is 0.271 e. The maximum atomic E-state index is 13.5. The molecule has 1 aromatic heterocycles. The van der Waals surface area contributed by atoms with E-state index in [0.717, 1.165) is 0 Å². The van der Waals surface area contributed by atoms with Crippen LogP contribution in [0, 0.1) is 5.82 Å². The van der Waals surface area contributed by atoms with E-state index >= 15 is 0 Å². The lowest BCUT2D eigenvalue weighted by Gasteiger charge is -2.18. The normalized spacial score (nSPS) is 12.7. The summed E-state index contributed by atoms with van der Waals surface area (Å²) in [7, 11) is 1.71. The van der Waals surface area contributed by atoms with Gasteiger partial charge in [0.2, 0.25) is 0 Å². The summed E-state index contributed by atoms with van der Waals surface area (Å²) >= 11 is 9.22. The second kappa shape index (κ2) is 5.31. The van der Waals surface area contributed by atoms with E-state index in [1.165, 1.54) is 10.7 Å². The Morgan fingerprint density at radius 1 is 1.56 bits per heavy atom. The number of aryl methyl sites for hydroxylation is 1. The third kappa shape index (κ3) is 2.26. The van der Waals surface area contributed by atoms with Crippen molar-refractivity contribution in [3.63, 3.8) is 0 Å². The fourth-order valence-corrected chi connectivity index (χ4v) is 2.50. The third-order valence-electron chi connectivity index (χ3n) is 2.56. The zero-order valence-electron chi connectivity index (χ0n) is 9.36. The number of nitrogens with zero attached hydrogens (tertiary/aromatic N) is 3. The lowest BCUT2D eigenvalue weighted by atomic mass is 10.0. The van der Waals surface area contributed by atoms with Crippen molar-refractivity contribution >= 4 is 27.5 Å². The monoisotopic (exact) mass is 333 g/mol. The SMILES string of the molecule is Cn1nnc(Br)c1C(NN)c1cccc(F)c1Cl. The fraction of sp³-hybridized carbons (Fsp3) is 0.200. The zero-order valence-corrected chi connectivity index (χ0v) is 11.7. The van der Waals surface area contributed by atoms with Gasteiger partial charge >= 0.3 is 0 Å². The Labute approximate surface area is 116 Å². The van der Waals surface area contributed by atoms with Crippen LogP contribution in [0.25, 0.3) is 0 Å². The topological polar surface area (TPSA) is 68.8 Å². The van der Waals surface area contributed by atoms with Crippen LogP contribution in [0.3, 0.4) is 0 Å². The summed E-state index contributed by atoms with van der Waals surface area (Å²) in [5.74, 6) is 5.03. The van der Waals surface area contributed by atoms with Gasteiger partial charge < -0.3 is 0 Å². The predicted octanol–water partition coefficient (Wildman–Crippen LogP) is 1.92. The van der Waals surface area contributed by atoms with E-state index in [1.807, 2.05) is 0 Å². The molecule has 0 saturated carbocycles. The number of aromatic nitrogens is 3. The van der Waals surface area contributed by atoms with Gasteiger partial charge in [-0.2, -0.15) is 0 Å². The Bertz CT molecular complexity index is 554. The molecule has 0 amide bonds. The average Bonchev–Trinajstić information content (AvgIpc) is 2.67. The average molecular weight is 335 g/mol. The highest BCUT2D eigenvalue weighted by Gasteiger charge is 2.23. The van der Waals surface area contributed by atoms with Gasteiger partial charge in [-0.3, -0.25) is 5.84 Å². The molecule has 1 aromatic carbocycles. The van der Waals surface area contributed by atoms with Crippen LogP contribution in [0.5, 0.6) is 0 Å². The molecular weight excluding hydrogens is 324 g/mol. The second-order valence-corrected chi connectivity index (χ2v) is 4.76. The van der Waals surface area contributed by atoms with Crippen LogP contribution < -0.4 is 11.3 Å². The first-order chi connectivity index (χ1) is 8.56. The van der Waals surface area contributed by atoms with Crippen LogP contribution >= 0.6 is 27.5 Å². The van der Waals surface area contributed by atoms with Crippen molar-refractivity contribution in [2.24, 2.45) is 12.9 Å². The van der Waals surface area contributed by atoms with E-state index in [-0.39, 0.29) is 5.02 Å². The Balaban J connectivity index is 2.56. The zero-order chi connectivity index (χ0) is 13.3. The van der Waals surface area contributed by atoms with E-state index in [9.17, 15) is 4.39 Å². The quantitative estimate of drug-likeness (QED) is 0.665. The van der Waals surface area contributed by atoms with Crippen LogP contribution in [0.15, 0.2) is 22.8 Å². The summed E-state index contributed by atoms with van der Waals surface area (Å²) in [6, 6.07) is 4.03. The molecule has 2 rings (SSSR count). The molecule has 2 aromatic rings. The van der Waals surface area contributed by atoms with Crippen molar-refractivity contribution in [2.45, 2.75) is 6.04 Å². The minimum Gasteiger partial charge on any atom is -0.271 e. The molecule has 0 fully saturated rings. The lowest BCUT2D eigenvalue weighted by Crippen LogP contribution is -2.31. The van der Waals surface area contributed by atoms with Gasteiger partial charge in [-0.05, 0) is 27.6 Å². The highest BCUT2D eigenvalue weighted by Crippen LogP contribution is 2.31. The molecule has 8 heteroatoms. The van der Waals surface area contributed by atoms with E-state index in [1.54, 1.807) is 19.2 Å². The Morgan fingerprint density at radius 2 is 2.28 bits per heavy atom. The minimum absolute atomic E-state index is 0.0218. The van der Waals surface area contributed by atoms with E-state index < -0.39 is 11.9 Å². The van der Waals surface area contributed by atoms with Gasteiger partial charge in [-0.1, -0.05) is 28.9 Å². The maximum absolute atomic E-state index is 13.5. The van der Waals surface area contributed by atoms with Crippen LogP contribution in [0.4, 0.5) is 4.39 Å². The first-order valence-electron chi connectivity index (χ1n) is 5.01. The molecule has 1 atom stereocenters. The summed E-state index contributed by atoms with van der Waals surface area (Å²) in [6.07, 6.45) is 0. The number of halogens is 3. The van der Waals surface area contributed by atoms with Crippen molar-refractivity contribution in [2.75, 3.05) is 0 Å². The van der Waals surface area contributed by atoms with E-state index in [2.05, 4.69) is 31.7 Å². The summed E-state index contributed by atoms with van der Waals surface area (Å²) < 4.78 is 15.5. The summed E-state index contributed by atoms with van der Waals surface area (Å²) in [4.78, 5) is 0. The molecular formula is C10H10BrClFN5. The minimum atomic E-state index is -0.512. The van der Waals surface area contributed by atoms with E-state index in [4.69, 9.17) is 17.4 Å². The molecule has 18 heavy (non-hydrogen) atoms. The van der Waals surface area contributed by atoms with Crippen LogP contribution in [-0.4, -0.2) is 15.0 Å². The number of benzene rings is 1. The molecule has 0 aliphatic heterocycles. The van der Waals surface area contributed by atoms with Crippen molar-refractivity contribution in [3.8, 4) is 0 Å². The molecule has 1 unspecified atom stereocenters. The molecule has 0 spiro atoms. The van der Waals surface area contributed by atoms with Crippen molar-refractivity contribution in [1.29, 1.82) is 0 Å². The van der Waals surface area contributed by atoms with Crippen LogP contribution in [0.1, 0.15) is 17.3 Å². The van der Waals surface area contributed by atoms with Crippen molar-refractivity contribution < 1.29 is 4.39 Å². The van der Waals surface area contributed by atoms with Crippen LogP contribution in [-0.2, 0) is 7.05 Å². The third-order valence-corrected chi connectivity index (χ3v) is 3.52. The smallest absolute Gasteiger partial charge is 0.153 e. The van der Waals surface area contributed by atoms with Crippen molar-refractivity contribution in [1.82, 2.24) is 20.4 Å².